The van der Waals surface area contributed by atoms with Crippen molar-refractivity contribution >= 4 is 28.5 Å². The summed E-state index contributed by atoms with van der Waals surface area (Å²) in [5, 5.41) is 3.32. The second-order valence-corrected chi connectivity index (χ2v) is 6.64. The number of fused-ring (bicyclic) bond motifs is 2. The van der Waals surface area contributed by atoms with Crippen molar-refractivity contribution in [3.8, 4) is 11.5 Å². The molecule has 4 rings (SSSR count). The van der Waals surface area contributed by atoms with Crippen molar-refractivity contribution in [2.24, 2.45) is 0 Å². The van der Waals surface area contributed by atoms with Crippen molar-refractivity contribution in [1.29, 1.82) is 0 Å². The van der Waals surface area contributed by atoms with Gasteiger partial charge in [0.15, 0.2) is 16.6 Å². The lowest BCUT2D eigenvalue weighted by Crippen LogP contribution is -2.35. The Kier molecular flexibility index (Phi) is 3.92. The fraction of sp³-hybridized carbons (Fsp3) is 0.312. The van der Waals surface area contributed by atoms with E-state index in [-0.39, 0.29) is 18.8 Å². The predicted octanol–water partition coefficient (Wildman–Crippen LogP) is 2.25. The Bertz CT molecular complexity index is 850. The number of hydrogen-bond acceptors (Lipinski definition) is 7. The number of ether oxygens (including phenoxy) is 3. The second kappa shape index (κ2) is 6.25. The van der Waals surface area contributed by atoms with E-state index in [1.165, 1.54) is 18.4 Å². The molecule has 0 spiro atoms. The van der Waals surface area contributed by atoms with Crippen molar-refractivity contribution < 1.29 is 23.8 Å². The Morgan fingerprint density at radius 1 is 1.32 bits per heavy atom. The van der Waals surface area contributed by atoms with Gasteiger partial charge in [0.05, 0.1) is 19.3 Å². The quantitative estimate of drug-likeness (QED) is 0.882. The first-order valence-corrected chi connectivity index (χ1v) is 8.48. The molecule has 8 nitrogen and oxygen atoms in total. The van der Waals surface area contributed by atoms with E-state index in [9.17, 15) is 9.59 Å². The highest BCUT2D eigenvalue weighted by Gasteiger charge is 2.25. The minimum atomic E-state index is -0.356. The number of hydrogen-bond donors (Lipinski definition) is 1. The van der Waals surface area contributed by atoms with Crippen LogP contribution in [0.4, 0.5) is 9.93 Å². The van der Waals surface area contributed by atoms with E-state index in [4.69, 9.17) is 14.2 Å². The molecule has 0 unspecified atom stereocenters. The number of carbonyl (C=O) groups excluding carboxylic acids is 2. The van der Waals surface area contributed by atoms with Gasteiger partial charge in [0, 0.05) is 23.4 Å². The normalized spacial score (nSPS) is 14.8. The summed E-state index contributed by atoms with van der Waals surface area (Å²) in [6.07, 6.45) is 0.283. The summed E-state index contributed by atoms with van der Waals surface area (Å²) in [4.78, 5) is 31.1. The Morgan fingerprint density at radius 2 is 2.16 bits per heavy atom. The zero-order valence-corrected chi connectivity index (χ0v) is 14.2. The van der Waals surface area contributed by atoms with E-state index >= 15 is 0 Å². The van der Waals surface area contributed by atoms with Crippen LogP contribution in [-0.4, -0.2) is 42.3 Å². The summed E-state index contributed by atoms with van der Waals surface area (Å²) in [7, 11) is 1.36. The Morgan fingerprint density at radius 3 is 3.00 bits per heavy atom. The van der Waals surface area contributed by atoms with Gasteiger partial charge in [-0.15, -0.1) is 0 Å². The molecule has 3 heterocycles. The monoisotopic (exact) mass is 361 g/mol. The van der Waals surface area contributed by atoms with Crippen LogP contribution in [0.15, 0.2) is 18.2 Å². The van der Waals surface area contributed by atoms with Crippen LogP contribution in [0.3, 0.4) is 0 Å². The highest BCUT2D eigenvalue weighted by molar-refractivity contribution is 7.15. The van der Waals surface area contributed by atoms with Crippen LogP contribution < -0.4 is 14.8 Å². The molecule has 1 aromatic heterocycles. The van der Waals surface area contributed by atoms with Gasteiger partial charge in [0.1, 0.15) is 0 Å². The van der Waals surface area contributed by atoms with E-state index in [2.05, 4.69) is 10.3 Å². The molecule has 2 amide bonds. The first-order chi connectivity index (χ1) is 12.1. The summed E-state index contributed by atoms with van der Waals surface area (Å²) in [6.45, 7) is 1.16. The van der Waals surface area contributed by atoms with Gasteiger partial charge < -0.3 is 19.1 Å². The van der Waals surface area contributed by atoms with Crippen molar-refractivity contribution in [3.05, 3.63) is 34.3 Å². The van der Waals surface area contributed by atoms with Crippen molar-refractivity contribution in [1.82, 2.24) is 9.88 Å². The minimum absolute atomic E-state index is 0.163. The molecule has 25 heavy (non-hydrogen) atoms. The van der Waals surface area contributed by atoms with Crippen LogP contribution in [-0.2, 0) is 17.7 Å². The molecule has 130 valence electrons. The molecule has 1 N–H and O–H groups in total. The molecule has 2 aromatic rings. The number of nitrogens with one attached hydrogen (secondary N) is 1. The van der Waals surface area contributed by atoms with Crippen LogP contribution in [0.1, 0.15) is 20.9 Å². The molecule has 0 fully saturated rings. The molecule has 0 saturated heterocycles. The van der Waals surface area contributed by atoms with Crippen LogP contribution >= 0.6 is 11.3 Å². The number of amides is 2. The average Bonchev–Trinajstić information content (AvgIpc) is 3.25. The van der Waals surface area contributed by atoms with E-state index in [1.807, 2.05) is 0 Å². The molecule has 0 saturated carbocycles. The Balaban J connectivity index is 1.48. The van der Waals surface area contributed by atoms with Crippen LogP contribution in [0.5, 0.6) is 11.5 Å². The standard InChI is InChI=1S/C16H15N3O5S/c1-22-16(21)19-5-4-10-13(7-19)25-15(17-10)18-14(20)9-2-3-11-12(6-9)24-8-23-11/h2-3,6H,4-5,7-8H2,1H3,(H,17,18,20). The molecular formula is C16H15N3O5S. The maximum absolute atomic E-state index is 12.4. The van der Waals surface area contributed by atoms with Gasteiger partial charge in [0.2, 0.25) is 6.79 Å². The molecule has 0 atom stereocenters. The van der Waals surface area contributed by atoms with Gasteiger partial charge in [-0.1, -0.05) is 11.3 Å². The van der Waals surface area contributed by atoms with Crippen molar-refractivity contribution in [2.45, 2.75) is 13.0 Å². The topological polar surface area (TPSA) is 90.0 Å². The number of thiazole rings is 1. The van der Waals surface area contributed by atoms with E-state index in [1.54, 1.807) is 23.1 Å². The number of methoxy groups -OCH3 is 1. The van der Waals surface area contributed by atoms with Gasteiger partial charge >= 0.3 is 6.09 Å². The molecule has 0 bridgehead atoms. The maximum Gasteiger partial charge on any atom is 0.409 e. The molecule has 1 aromatic carbocycles. The molecule has 2 aliphatic rings. The van der Waals surface area contributed by atoms with Gasteiger partial charge in [-0.2, -0.15) is 0 Å². The summed E-state index contributed by atoms with van der Waals surface area (Å²) in [5.41, 5.74) is 1.37. The van der Waals surface area contributed by atoms with Crippen molar-refractivity contribution in [2.75, 3.05) is 25.8 Å². The number of anilines is 1. The third-order valence-electron chi connectivity index (χ3n) is 4.02. The minimum Gasteiger partial charge on any atom is -0.454 e. The van der Waals surface area contributed by atoms with Gasteiger partial charge in [-0.25, -0.2) is 9.78 Å². The summed E-state index contributed by atoms with van der Waals surface area (Å²) >= 11 is 1.37. The van der Waals surface area contributed by atoms with Crippen LogP contribution in [0.25, 0.3) is 0 Å². The largest absolute Gasteiger partial charge is 0.454 e. The van der Waals surface area contributed by atoms with E-state index in [0.29, 0.717) is 41.7 Å². The first kappa shape index (κ1) is 15.7. The third kappa shape index (κ3) is 2.98. The molecule has 0 radical (unpaired) electrons. The van der Waals surface area contributed by atoms with E-state index in [0.717, 1.165) is 10.6 Å². The number of nitrogens with zero attached hydrogens (tertiary/aromatic N) is 2. The molecule has 9 heteroatoms. The van der Waals surface area contributed by atoms with Gasteiger partial charge in [-0.05, 0) is 18.2 Å². The zero-order valence-electron chi connectivity index (χ0n) is 13.4. The summed E-state index contributed by atoms with van der Waals surface area (Å²) in [6, 6.07) is 5.03. The molecule has 2 aliphatic heterocycles. The maximum atomic E-state index is 12.4. The number of rotatable bonds is 2. The lowest BCUT2D eigenvalue weighted by atomic mass is 10.2. The molecule has 0 aliphatic carbocycles. The van der Waals surface area contributed by atoms with Crippen molar-refractivity contribution in [3.63, 3.8) is 0 Å². The summed E-state index contributed by atoms with van der Waals surface area (Å²) in [5.74, 6) is 0.915. The predicted molar refractivity (Wildman–Crippen MR) is 89.2 cm³/mol. The lowest BCUT2D eigenvalue weighted by molar-refractivity contribution is 0.102. The SMILES string of the molecule is COC(=O)N1CCc2nc(NC(=O)c3ccc4c(c3)OCO4)sc2C1. The van der Waals surface area contributed by atoms with E-state index < -0.39 is 0 Å². The first-order valence-electron chi connectivity index (χ1n) is 7.66. The third-order valence-corrected chi connectivity index (χ3v) is 5.02. The molecular weight excluding hydrogens is 346 g/mol. The fourth-order valence-corrected chi connectivity index (χ4v) is 3.76. The summed E-state index contributed by atoms with van der Waals surface area (Å²) < 4.78 is 15.3. The van der Waals surface area contributed by atoms with Crippen LogP contribution in [0.2, 0.25) is 0 Å². The number of carbonyl (C=O) groups is 2. The van der Waals surface area contributed by atoms with Crippen LogP contribution in [0, 0.1) is 0 Å². The number of benzene rings is 1. The highest BCUT2D eigenvalue weighted by atomic mass is 32.1. The Labute approximate surface area is 147 Å². The van der Waals surface area contributed by atoms with Gasteiger partial charge in [-0.3, -0.25) is 10.1 Å². The smallest absolute Gasteiger partial charge is 0.409 e. The highest BCUT2D eigenvalue weighted by Crippen LogP contribution is 2.33. The number of aromatic nitrogens is 1. The fourth-order valence-electron chi connectivity index (χ4n) is 2.74. The van der Waals surface area contributed by atoms with Gasteiger partial charge in [0.25, 0.3) is 5.91 Å². The lowest BCUT2D eigenvalue weighted by Gasteiger charge is -2.24. The second-order valence-electron chi connectivity index (χ2n) is 5.55. The Hall–Kier alpha value is -2.81. The zero-order chi connectivity index (χ0) is 17.4. The average molecular weight is 361 g/mol.